The molecule has 288 valence electrons. The van der Waals surface area contributed by atoms with Crippen LogP contribution in [0.2, 0.25) is 5.02 Å². The Kier molecular flexibility index (Phi) is 15.0. The number of hydrogen-bond donors (Lipinski definition) is 2. The molecule has 2 aliphatic rings. The van der Waals surface area contributed by atoms with Gasteiger partial charge < -0.3 is 48.7 Å². The summed E-state index contributed by atoms with van der Waals surface area (Å²) >= 11 is 6.39. The molecule has 2 aromatic rings. The fourth-order valence-corrected chi connectivity index (χ4v) is 6.23. The maximum Gasteiger partial charge on any atom is 0.410 e. The van der Waals surface area contributed by atoms with E-state index in [-0.39, 0.29) is 50.3 Å². The van der Waals surface area contributed by atoms with Crippen LogP contribution >= 0.6 is 11.6 Å². The van der Waals surface area contributed by atoms with Crippen LogP contribution in [0.3, 0.4) is 0 Å². The van der Waals surface area contributed by atoms with Gasteiger partial charge in [0.05, 0.1) is 26.4 Å². The molecule has 2 N–H and O–H groups in total. The van der Waals surface area contributed by atoms with Crippen LogP contribution in [0, 0.1) is 5.92 Å². The number of ether oxygens (including phenoxy) is 7. The van der Waals surface area contributed by atoms with Gasteiger partial charge in [-0.05, 0) is 101 Å². The largest absolute Gasteiger partial charge is 0.491 e. The Morgan fingerprint density at radius 1 is 1.08 bits per heavy atom. The summed E-state index contributed by atoms with van der Waals surface area (Å²) in [7, 11) is 2.98. The Labute approximate surface area is 311 Å². The zero-order valence-corrected chi connectivity index (χ0v) is 32.1. The predicted octanol–water partition coefficient (Wildman–Crippen LogP) is 6.11. The van der Waals surface area contributed by atoms with Crippen molar-refractivity contribution in [2.45, 2.75) is 83.5 Å². The van der Waals surface area contributed by atoms with Crippen molar-refractivity contribution in [2.75, 3.05) is 60.3 Å². The Hall–Kier alpha value is -3.62. The Morgan fingerprint density at radius 3 is 2.52 bits per heavy atom. The first-order valence-electron chi connectivity index (χ1n) is 17.7. The van der Waals surface area contributed by atoms with Crippen molar-refractivity contribution >= 4 is 29.7 Å². The van der Waals surface area contributed by atoms with Gasteiger partial charge in [0.25, 0.3) is 5.91 Å². The van der Waals surface area contributed by atoms with Gasteiger partial charge in [0.1, 0.15) is 30.2 Å². The molecule has 2 saturated heterocycles. The third kappa shape index (κ3) is 13.1. The average molecular weight is 748 g/mol. The standard InChI is InChI=1S/C38H54ClN3O10/c1-37(2,3)52-36(45)42(6)30(16-25-10-9-14-47-22-25)21-41-34(43)28-17-27(19-31(20-28)49-23-32-24-50-38(4,5)51-32)33(26-11-8-12-29(39)18-26)48-15-13-40-35(44)46-7/h8,11-12,17-20,25,30,32-33H,9-10,13-16,21-24H2,1-7H3,(H,40,44)(H,41,43)/t25-,30?,32?,33?/m1/s1. The monoisotopic (exact) mass is 747 g/mol. The SMILES string of the molecule is COC(=O)NCCOC(c1cccc(Cl)c1)c1cc(OCC2COC(C)(C)O2)cc(C(=O)NCC(C[C@H]2CCCOC2)N(C)C(=O)OC(C)(C)C)c1. The second kappa shape index (κ2) is 18.9. The number of carbonyl (C=O) groups is 3. The van der Waals surface area contributed by atoms with Crippen molar-refractivity contribution in [3.8, 4) is 5.75 Å². The lowest BCUT2D eigenvalue weighted by Crippen LogP contribution is -2.48. The summed E-state index contributed by atoms with van der Waals surface area (Å²) in [4.78, 5) is 40.4. The molecule has 2 aliphatic heterocycles. The van der Waals surface area contributed by atoms with E-state index in [2.05, 4.69) is 15.4 Å². The van der Waals surface area contributed by atoms with Gasteiger partial charge in [0, 0.05) is 43.9 Å². The summed E-state index contributed by atoms with van der Waals surface area (Å²) < 4.78 is 40.2. The number of likely N-dealkylation sites (N-methyl/N-ethyl adjacent to an activating group) is 1. The predicted molar refractivity (Wildman–Crippen MR) is 195 cm³/mol. The van der Waals surface area contributed by atoms with E-state index in [4.69, 9.17) is 40.0 Å². The van der Waals surface area contributed by atoms with E-state index in [0.717, 1.165) is 25.0 Å². The van der Waals surface area contributed by atoms with Gasteiger partial charge in [-0.25, -0.2) is 9.59 Å². The molecule has 0 saturated carbocycles. The number of hydrogen-bond acceptors (Lipinski definition) is 10. The van der Waals surface area contributed by atoms with Gasteiger partial charge in [-0.1, -0.05) is 23.7 Å². The lowest BCUT2D eigenvalue weighted by atomic mass is 9.93. The fraction of sp³-hybridized carbons (Fsp3) is 0.605. The minimum Gasteiger partial charge on any atom is -0.491 e. The van der Waals surface area contributed by atoms with Crippen LogP contribution in [0.4, 0.5) is 9.59 Å². The average Bonchev–Trinajstić information content (AvgIpc) is 3.46. The second-order valence-corrected chi connectivity index (χ2v) is 15.0. The highest BCUT2D eigenvalue weighted by Gasteiger charge is 2.33. The normalized spacial score (nSPS) is 19.6. The first-order valence-corrected chi connectivity index (χ1v) is 18.1. The summed E-state index contributed by atoms with van der Waals surface area (Å²) in [5.41, 5.74) is 0.997. The molecule has 14 heteroatoms. The maximum absolute atomic E-state index is 14.0. The van der Waals surface area contributed by atoms with Crippen molar-refractivity contribution in [1.29, 1.82) is 0 Å². The van der Waals surface area contributed by atoms with E-state index in [1.165, 1.54) is 7.11 Å². The number of halogens is 1. The third-order valence-electron chi connectivity index (χ3n) is 8.58. The van der Waals surface area contributed by atoms with Crippen molar-refractivity contribution in [2.24, 2.45) is 5.92 Å². The number of benzene rings is 2. The van der Waals surface area contributed by atoms with Crippen LogP contribution in [0.5, 0.6) is 5.75 Å². The molecule has 0 aromatic heterocycles. The minimum absolute atomic E-state index is 0.130. The zero-order valence-electron chi connectivity index (χ0n) is 31.3. The van der Waals surface area contributed by atoms with Gasteiger partial charge in [-0.15, -0.1) is 0 Å². The molecule has 0 spiro atoms. The van der Waals surface area contributed by atoms with E-state index in [9.17, 15) is 14.4 Å². The van der Waals surface area contributed by atoms with Gasteiger partial charge in [0.15, 0.2) is 5.79 Å². The lowest BCUT2D eigenvalue weighted by molar-refractivity contribution is -0.141. The van der Waals surface area contributed by atoms with Crippen molar-refractivity contribution < 1.29 is 47.5 Å². The smallest absolute Gasteiger partial charge is 0.410 e. The van der Waals surface area contributed by atoms with Crippen LogP contribution in [0.15, 0.2) is 42.5 Å². The highest BCUT2D eigenvalue weighted by molar-refractivity contribution is 6.30. The molecule has 0 aliphatic carbocycles. The number of alkyl carbamates (subject to hydrolysis) is 1. The summed E-state index contributed by atoms with van der Waals surface area (Å²) in [5, 5.41) is 6.18. The first kappa shape index (κ1) is 41.1. The van der Waals surface area contributed by atoms with Gasteiger partial charge in [-0.2, -0.15) is 0 Å². The van der Waals surface area contributed by atoms with Crippen molar-refractivity contribution in [1.82, 2.24) is 15.5 Å². The fourth-order valence-electron chi connectivity index (χ4n) is 6.03. The molecule has 4 rings (SSSR count). The van der Waals surface area contributed by atoms with E-state index in [0.29, 0.717) is 41.5 Å². The molecule has 3 amide bonds. The lowest BCUT2D eigenvalue weighted by Gasteiger charge is -2.34. The molecule has 13 nitrogen and oxygen atoms in total. The Bertz CT molecular complexity index is 1490. The summed E-state index contributed by atoms with van der Waals surface area (Å²) in [5.74, 6) is -0.439. The Morgan fingerprint density at radius 2 is 1.87 bits per heavy atom. The van der Waals surface area contributed by atoms with E-state index >= 15 is 0 Å². The molecule has 2 heterocycles. The molecule has 52 heavy (non-hydrogen) atoms. The highest BCUT2D eigenvalue weighted by Crippen LogP contribution is 2.32. The van der Waals surface area contributed by atoms with Crippen LogP contribution in [0.25, 0.3) is 0 Å². The van der Waals surface area contributed by atoms with Crippen molar-refractivity contribution in [3.05, 3.63) is 64.2 Å². The van der Waals surface area contributed by atoms with Crippen LogP contribution in [-0.2, 0) is 28.4 Å². The number of rotatable bonds is 15. The molecule has 2 fully saturated rings. The quantitative estimate of drug-likeness (QED) is 0.205. The number of nitrogens with zero attached hydrogens (tertiary/aromatic N) is 1. The molecule has 0 radical (unpaired) electrons. The van der Waals surface area contributed by atoms with Crippen LogP contribution < -0.4 is 15.4 Å². The molecule has 4 atom stereocenters. The number of nitrogens with one attached hydrogen (secondary N) is 2. The summed E-state index contributed by atoms with van der Waals surface area (Å²) in [6, 6.07) is 12.1. The number of methoxy groups -OCH3 is 1. The van der Waals surface area contributed by atoms with Gasteiger partial charge in [-0.3, -0.25) is 4.79 Å². The van der Waals surface area contributed by atoms with E-state index < -0.39 is 29.7 Å². The first-order chi connectivity index (χ1) is 24.6. The zero-order chi connectivity index (χ0) is 37.9. The summed E-state index contributed by atoms with van der Waals surface area (Å²) in [6.45, 7) is 11.5. The molecular formula is C38H54ClN3O10. The second-order valence-electron chi connectivity index (χ2n) is 14.6. The Balaban J connectivity index is 1.61. The third-order valence-corrected chi connectivity index (χ3v) is 8.81. The minimum atomic E-state index is -0.725. The van der Waals surface area contributed by atoms with E-state index in [1.54, 1.807) is 42.3 Å². The summed E-state index contributed by atoms with van der Waals surface area (Å²) in [6.07, 6.45) is 0.510. The van der Waals surface area contributed by atoms with Crippen LogP contribution in [0.1, 0.15) is 81.5 Å². The van der Waals surface area contributed by atoms with Crippen LogP contribution in [-0.4, -0.2) is 107 Å². The molecule has 2 aromatic carbocycles. The number of amides is 3. The van der Waals surface area contributed by atoms with Crippen molar-refractivity contribution in [3.63, 3.8) is 0 Å². The highest BCUT2D eigenvalue weighted by atomic mass is 35.5. The molecule has 3 unspecified atom stereocenters. The topological polar surface area (TPSA) is 143 Å². The maximum atomic E-state index is 14.0. The molecule has 0 bridgehead atoms. The van der Waals surface area contributed by atoms with Gasteiger partial charge in [0.2, 0.25) is 0 Å². The van der Waals surface area contributed by atoms with E-state index in [1.807, 2.05) is 46.8 Å². The molecular weight excluding hydrogens is 694 g/mol. The number of carbonyl (C=O) groups excluding carboxylic acids is 3. The van der Waals surface area contributed by atoms with Gasteiger partial charge >= 0.3 is 12.2 Å².